The van der Waals surface area contributed by atoms with E-state index < -0.39 is 5.97 Å². The van der Waals surface area contributed by atoms with E-state index in [-0.39, 0.29) is 78.9 Å². The second-order valence-electron chi connectivity index (χ2n) is 12.7. The van der Waals surface area contributed by atoms with Crippen LogP contribution in [0.3, 0.4) is 0 Å². The zero-order valence-electron chi connectivity index (χ0n) is 28.6. The number of rotatable bonds is 4. The summed E-state index contributed by atoms with van der Waals surface area (Å²) in [5, 5.41) is 11.9. The van der Waals surface area contributed by atoms with E-state index in [1.54, 1.807) is 32.0 Å². The minimum atomic E-state index is -0.421. The van der Waals surface area contributed by atoms with E-state index in [1.165, 1.54) is 5.56 Å². The summed E-state index contributed by atoms with van der Waals surface area (Å²) in [5.74, 6) is -0.570. The van der Waals surface area contributed by atoms with Gasteiger partial charge in [-0.15, -0.1) is 0 Å². The fourth-order valence-electron chi connectivity index (χ4n) is 4.87. The fraction of sp³-hybridized carbons (Fsp3) is 0.432. The fourth-order valence-corrected chi connectivity index (χ4v) is 4.87. The Labute approximate surface area is 304 Å². The molecule has 0 unspecified atom stereocenters. The molecule has 0 amide bonds. The molecule has 0 saturated heterocycles. The molecular weight excluding hydrogens is 843 g/mol. The number of carbonyl (C=O) groups is 2. The van der Waals surface area contributed by atoms with Crippen molar-refractivity contribution in [3.63, 3.8) is 0 Å². The Morgan fingerprint density at radius 2 is 1.07 bits per heavy atom. The molecule has 0 aliphatic rings. The van der Waals surface area contributed by atoms with Gasteiger partial charge >= 0.3 is 11.9 Å². The van der Waals surface area contributed by atoms with Crippen molar-refractivity contribution in [1.29, 1.82) is 0 Å². The zero-order chi connectivity index (χ0) is 31.6. The first-order valence-electron chi connectivity index (χ1n) is 14.4. The summed E-state index contributed by atoms with van der Waals surface area (Å²) < 4.78 is 10.1. The van der Waals surface area contributed by atoms with Crippen molar-refractivity contribution in [1.82, 2.24) is 9.97 Å². The molecule has 0 fully saturated rings. The smallest absolute Gasteiger partial charge is 0.356 e. The number of ether oxygens (including phenoxy) is 2. The molecule has 0 aliphatic heterocycles. The van der Waals surface area contributed by atoms with Gasteiger partial charge in [-0.25, -0.2) is 19.6 Å². The third kappa shape index (κ3) is 10.7. The number of esters is 2. The van der Waals surface area contributed by atoms with Gasteiger partial charge in [0.15, 0.2) is 0 Å². The molecule has 7 nitrogen and oxygen atoms in total. The monoisotopic (exact) mass is 893 g/mol. The second kappa shape index (κ2) is 18.0. The van der Waals surface area contributed by atoms with Crippen LogP contribution in [0.1, 0.15) is 112 Å². The quantitative estimate of drug-likeness (QED) is 0.124. The molecular formula is C37H51N2O5PdW-. The van der Waals surface area contributed by atoms with Crippen molar-refractivity contribution in [3.05, 3.63) is 83.0 Å². The molecule has 0 aliphatic carbocycles. The number of hydrogen-bond acceptors (Lipinski definition) is 7. The Hall–Kier alpha value is -2.65. The third-order valence-electron chi connectivity index (χ3n) is 6.95. The number of aromatic hydroxyl groups is 1. The van der Waals surface area contributed by atoms with Crippen LogP contribution in [0.4, 0.5) is 0 Å². The maximum absolute atomic E-state index is 12.0. The van der Waals surface area contributed by atoms with Gasteiger partial charge in [-0.2, -0.15) is 0 Å². The first-order valence-corrected chi connectivity index (χ1v) is 14.4. The van der Waals surface area contributed by atoms with E-state index >= 15 is 0 Å². The summed E-state index contributed by atoms with van der Waals surface area (Å²) in [7, 11) is 0. The predicted octanol–water partition coefficient (Wildman–Crippen LogP) is 9.13. The molecule has 0 saturated carbocycles. The van der Waals surface area contributed by atoms with E-state index in [0.29, 0.717) is 24.6 Å². The Morgan fingerprint density at radius 1 is 0.696 bits per heavy atom. The van der Waals surface area contributed by atoms with E-state index in [2.05, 4.69) is 70.6 Å². The van der Waals surface area contributed by atoms with Crippen molar-refractivity contribution < 1.29 is 65.7 Å². The average Bonchev–Trinajstić information content (AvgIpc) is 2.88. The van der Waals surface area contributed by atoms with E-state index in [9.17, 15) is 14.7 Å². The van der Waals surface area contributed by atoms with Crippen molar-refractivity contribution in [2.75, 3.05) is 13.2 Å². The molecule has 2 heterocycles. The molecule has 0 atom stereocenters. The summed E-state index contributed by atoms with van der Waals surface area (Å²) in [6.45, 7) is 22.9. The minimum absolute atomic E-state index is 0. The van der Waals surface area contributed by atoms with Crippen LogP contribution in [-0.4, -0.2) is 40.2 Å². The number of nitrogens with zero attached hydrogens (tertiary/aromatic N) is 2. The van der Waals surface area contributed by atoms with Crippen molar-refractivity contribution in [2.24, 2.45) is 0 Å². The Kier molecular flexibility index (Phi) is 17.8. The number of aromatic nitrogens is 2. The number of carbonyl (C=O) groups excluding carboxylic acids is 2. The molecule has 0 bridgehead atoms. The number of phenolic OH excluding ortho intramolecular Hbond substituents is 1. The number of hydrogen-bond donors (Lipinski definition) is 1. The molecule has 1 N–H and O–H groups in total. The first kappa shape index (κ1) is 45.5. The summed E-state index contributed by atoms with van der Waals surface area (Å²) >= 11 is 0. The van der Waals surface area contributed by atoms with E-state index in [1.807, 2.05) is 19.9 Å². The SMILES string of the molecule is C.CCOC(=O)c1cc(C)c2cc(C)cc(C(C)(C)C)c2n1.CCOC(=O)c1cc(C)c2cc(O)cc(C(C)(C)C)c2n1.[CH3-].[Pd].[W]. The molecule has 46 heavy (non-hydrogen) atoms. The van der Waals surface area contributed by atoms with Crippen LogP contribution >= 0.6 is 0 Å². The normalized spacial score (nSPS) is 10.7. The average molecular weight is 894 g/mol. The van der Waals surface area contributed by atoms with Gasteiger partial charge in [0.05, 0.1) is 24.2 Å². The Balaban J connectivity index is 0. The van der Waals surface area contributed by atoms with Gasteiger partial charge in [-0.1, -0.05) is 60.6 Å². The number of pyridine rings is 2. The summed E-state index contributed by atoms with van der Waals surface area (Å²) in [6, 6.07) is 11.2. The summed E-state index contributed by atoms with van der Waals surface area (Å²) in [6.07, 6.45) is 0. The van der Waals surface area contributed by atoms with Gasteiger partial charge < -0.3 is 22.0 Å². The third-order valence-corrected chi connectivity index (χ3v) is 6.95. The number of phenols is 1. The molecule has 2 aromatic carbocycles. The Bertz CT molecular complexity index is 1530. The van der Waals surface area contributed by atoms with Gasteiger partial charge in [0.25, 0.3) is 0 Å². The molecule has 0 radical (unpaired) electrons. The zero-order valence-corrected chi connectivity index (χ0v) is 33.1. The molecule has 4 aromatic rings. The second-order valence-corrected chi connectivity index (χ2v) is 12.7. The minimum Gasteiger partial charge on any atom is -0.508 e. The molecule has 9 heteroatoms. The maximum atomic E-state index is 12.0. The van der Waals surface area contributed by atoms with E-state index in [0.717, 1.165) is 44.1 Å². The van der Waals surface area contributed by atoms with Crippen molar-refractivity contribution >= 4 is 33.7 Å². The van der Waals surface area contributed by atoms with Gasteiger partial charge in [-0.05, 0) is 98.0 Å². The number of fused-ring (bicyclic) bond motifs is 2. The predicted molar refractivity (Wildman–Crippen MR) is 182 cm³/mol. The van der Waals surface area contributed by atoms with Crippen molar-refractivity contribution in [2.45, 2.75) is 94.4 Å². The first-order chi connectivity index (χ1) is 19.5. The molecule has 4 rings (SSSR count). The molecule has 0 spiro atoms. The van der Waals surface area contributed by atoms with Gasteiger partial charge in [0.2, 0.25) is 0 Å². The van der Waals surface area contributed by atoms with Crippen LogP contribution in [0.5, 0.6) is 5.75 Å². The largest absolute Gasteiger partial charge is 0.508 e. The summed E-state index contributed by atoms with van der Waals surface area (Å²) in [4.78, 5) is 33.0. The van der Waals surface area contributed by atoms with Crippen LogP contribution in [0.25, 0.3) is 21.8 Å². The maximum Gasteiger partial charge on any atom is 0.356 e. The van der Waals surface area contributed by atoms with Gasteiger partial charge in [0.1, 0.15) is 17.1 Å². The molecule has 2 aromatic heterocycles. The van der Waals surface area contributed by atoms with Crippen LogP contribution < -0.4 is 0 Å². The standard InChI is InChI=1S/C18H23NO2.C17H21NO3.CH4.CH3.Pd.W/c1-7-21-17(20)15-10-12(3)13-8-11(2)9-14(16(13)19-15)18(4,5)6;1-6-21-16(20)14-7-10(2)12-8-11(19)9-13(15(12)18-14)17(3,4)5;;;;/h8-10H,7H2,1-6H3;7-9,19H,6H2,1-5H3;1H4;1H3;;/q;;;-1;;. The topological polar surface area (TPSA) is 98.6 Å². The van der Waals surface area contributed by atoms with Crippen molar-refractivity contribution in [3.8, 4) is 5.75 Å². The van der Waals surface area contributed by atoms with Crippen LogP contribution in [0.2, 0.25) is 0 Å². The van der Waals surface area contributed by atoms with Crippen LogP contribution in [-0.2, 0) is 61.8 Å². The molecule has 256 valence electrons. The van der Waals surface area contributed by atoms with Gasteiger partial charge in [0, 0.05) is 52.3 Å². The van der Waals surface area contributed by atoms with Crippen LogP contribution in [0.15, 0.2) is 36.4 Å². The number of benzene rings is 2. The summed E-state index contributed by atoms with van der Waals surface area (Å²) in [5.41, 5.74) is 7.33. The number of aryl methyl sites for hydroxylation is 3. The van der Waals surface area contributed by atoms with Crippen LogP contribution in [0, 0.1) is 28.2 Å². The van der Waals surface area contributed by atoms with E-state index in [4.69, 9.17) is 9.47 Å². The van der Waals surface area contributed by atoms with Gasteiger partial charge in [-0.3, -0.25) is 0 Å². The Morgan fingerprint density at radius 3 is 1.43 bits per heavy atom.